The molecule has 0 saturated heterocycles. The Balaban J connectivity index is 5.13. The van der Waals surface area contributed by atoms with E-state index in [9.17, 15) is 5.11 Å². The molecule has 0 spiro atoms. The van der Waals surface area contributed by atoms with Crippen LogP contribution in [0.3, 0.4) is 0 Å². The van der Waals surface area contributed by atoms with Gasteiger partial charge in [0.2, 0.25) is 0 Å². The summed E-state index contributed by atoms with van der Waals surface area (Å²) < 4.78 is 16.9. The van der Waals surface area contributed by atoms with Crippen LogP contribution in [0.15, 0.2) is 38.0 Å². The molecule has 0 heterocycles. The SMILES string of the molecule is C=CCOC(OCC=C)(OCC=C)C(C)(C)CO. The first-order valence-corrected chi connectivity index (χ1v) is 5.85. The van der Waals surface area contributed by atoms with Crippen molar-refractivity contribution in [2.24, 2.45) is 5.41 Å². The van der Waals surface area contributed by atoms with E-state index in [1.54, 1.807) is 32.1 Å². The second kappa shape index (κ2) is 8.21. The van der Waals surface area contributed by atoms with Crippen LogP contribution in [0, 0.1) is 5.41 Å². The molecule has 0 rings (SSSR count). The van der Waals surface area contributed by atoms with E-state index in [0.717, 1.165) is 0 Å². The maximum absolute atomic E-state index is 9.51. The number of aliphatic hydroxyl groups is 1. The minimum atomic E-state index is -1.36. The molecule has 0 radical (unpaired) electrons. The lowest BCUT2D eigenvalue weighted by Crippen LogP contribution is -2.53. The van der Waals surface area contributed by atoms with Crippen molar-refractivity contribution in [1.82, 2.24) is 0 Å². The largest absolute Gasteiger partial charge is 0.395 e. The van der Waals surface area contributed by atoms with Gasteiger partial charge in [0, 0.05) is 0 Å². The molecule has 0 aromatic rings. The van der Waals surface area contributed by atoms with E-state index in [1.807, 2.05) is 0 Å². The summed E-state index contributed by atoms with van der Waals surface area (Å²) in [7, 11) is 0. The number of aliphatic hydroxyl groups excluding tert-OH is 1. The number of hydrogen-bond acceptors (Lipinski definition) is 4. The second-order valence-electron chi connectivity index (χ2n) is 4.40. The van der Waals surface area contributed by atoms with Crippen LogP contribution in [-0.2, 0) is 14.2 Å². The van der Waals surface area contributed by atoms with Gasteiger partial charge in [-0.2, -0.15) is 0 Å². The van der Waals surface area contributed by atoms with Gasteiger partial charge in [-0.15, -0.1) is 19.7 Å². The van der Waals surface area contributed by atoms with Crippen molar-refractivity contribution in [3.05, 3.63) is 38.0 Å². The van der Waals surface area contributed by atoms with Crippen molar-refractivity contribution in [1.29, 1.82) is 0 Å². The minimum absolute atomic E-state index is 0.154. The molecule has 0 aliphatic rings. The molecule has 0 bridgehead atoms. The molecule has 104 valence electrons. The van der Waals surface area contributed by atoms with Gasteiger partial charge in [-0.3, -0.25) is 0 Å². The van der Waals surface area contributed by atoms with Crippen molar-refractivity contribution in [3.8, 4) is 0 Å². The highest BCUT2D eigenvalue weighted by molar-refractivity contribution is 4.84. The van der Waals surface area contributed by atoms with E-state index < -0.39 is 11.4 Å². The summed E-state index contributed by atoms with van der Waals surface area (Å²) in [6, 6.07) is 0. The Morgan fingerprint density at radius 3 is 1.44 bits per heavy atom. The molecule has 4 heteroatoms. The van der Waals surface area contributed by atoms with Crippen molar-refractivity contribution in [2.75, 3.05) is 26.4 Å². The summed E-state index contributed by atoms with van der Waals surface area (Å²) in [5.74, 6) is -1.36. The monoisotopic (exact) mass is 256 g/mol. The van der Waals surface area contributed by atoms with Crippen LogP contribution >= 0.6 is 0 Å². The normalized spacial score (nSPS) is 12.2. The van der Waals surface area contributed by atoms with Crippen LogP contribution in [0.25, 0.3) is 0 Å². The van der Waals surface area contributed by atoms with E-state index in [2.05, 4.69) is 19.7 Å². The first-order valence-electron chi connectivity index (χ1n) is 5.85. The topological polar surface area (TPSA) is 47.9 Å². The zero-order valence-corrected chi connectivity index (χ0v) is 11.4. The van der Waals surface area contributed by atoms with Gasteiger partial charge in [-0.1, -0.05) is 18.2 Å². The third-order valence-corrected chi connectivity index (χ3v) is 2.40. The van der Waals surface area contributed by atoms with Gasteiger partial charge in [-0.05, 0) is 13.8 Å². The van der Waals surface area contributed by atoms with Crippen molar-refractivity contribution in [2.45, 2.75) is 19.8 Å². The summed E-state index contributed by atoms with van der Waals surface area (Å²) in [6.07, 6.45) is 4.78. The molecule has 0 atom stereocenters. The average Bonchev–Trinajstić information content (AvgIpc) is 2.38. The third kappa shape index (κ3) is 4.38. The molecule has 0 amide bonds. The van der Waals surface area contributed by atoms with Gasteiger partial charge in [0.25, 0.3) is 5.97 Å². The minimum Gasteiger partial charge on any atom is -0.395 e. The fraction of sp³-hybridized carbons (Fsp3) is 0.571. The predicted octanol–water partition coefficient (Wildman–Crippen LogP) is 2.27. The standard InChI is InChI=1S/C14H24O4/c1-6-9-16-14(17-10-7-2,18-11-8-3)13(4,5)12-15/h6-8,15H,1-3,9-12H2,4-5H3. The van der Waals surface area contributed by atoms with Crippen LogP contribution in [0.4, 0.5) is 0 Å². The highest BCUT2D eigenvalue weighted by Gasteiger charge is 2.48. The summed E-state index contributed by atoms with van der Waals surface area (Å²) >= 11 is 0. The summed E-state index contributed by atoms with van der Waals surface area (Å²) in [6.45, 7) is 15.0. The lowest BCUT2D eigenvalue weighted by molar-refractivity contribution is -0.420. The molecular weight excluding hydrogens is 232 g/mol. The van der Waals surface area contributed by atoms with Crippen LogP contribution in [0.2, 0.25) is 0 Å². The average molecular weight is 256 g/mol. The van der Waals surface area contributed by atoms with Crippen LogP contribution in [-0.4, -0.2) is 37.5 Å². The third-order valence-electron chi connectivity index (χ3n) is 2.40. The molecule has 0 unspecified atom stereocenters. The first-order chi connectivity index (χ1) is 8.49. The van der Waals surface area contributed by atoms with Crippen LogP contribution in [0.5, 0.6) is 0 Å². The summed E-state index contributed by atoms with van der Waals surface area (Å²) in [4.78, 5) is 0. The van der Waals surface area contributed by atoms with Crippen LogP contribution in [0.1, 0.15) is 13.8 Å². The molecule has 0 aliphatic heterocycles. The second-order valence-corrected chi connectivity index (χ2v) is 4.40. The highest BCUT2D eigenvalue weighted by atomic mass is 16.9. The highest BCUT2D eigenvalue weighted by Crippen LogP contribution is 2.36. The smallest absolute Gasteiger partial charge is 0.291 e. The zero-order chi connectivity index (χ0) is 14.1. The van der Waals surface area contributed by atoms with E-state index in [0.29, 0.717) is 0 Å². The van der Waals surface area contributed by atoms with Crippen LogP contribution < -0.4 is 0 Å². The van der Waals surface area contributed by atoms with Gasteiger partial charge < -0.3 is 19.3 Å². The quantitative estimate of drug-likeness (QED) is 0.455. The van der Waals surface area contributed by atoms with E-state index >= 15 is 0 Å². The van der Waals surface area contributed by atoms with Gasteiger partial charge in [-0.25, -0.2) is 0 Å². The molecule has 0 saturated carbocycles. The Morgan fingerprint density at radius 2 is 1.22 bits per heavy atom. The molecular formula is C14H24O4. The summed E-state index contributed by atoms with van der Waals surface area (Å²) in [5, 5.41) is 9.51. The molecule has 0 aliphatic carbocycles. The summed E-state index contributed by atoms with van der Waals surface area (Å²) in [5.41, 5.74) is -0.748. The van der Waals surface area contributed by atoms with Gasteiger partial charge in [0.05, 0.1) is 31.8 Å². The molecule has 0 aromatic carbocycles. The Kier molecular flexibility index (Phi) is 7.78. The fourth-order valence-corrected chi connectivity index (χ4v) is 1.31. The van der Waals surface area contributed by atoms with Gasteiger partial charge in [0.15, 0.2) is 0 Å². The van der Waals surface area contributed by atoms with E-state index in [4.69, 9.17) is 14.2 Å². The molecule has 18 heavy (non-hydrogen) atoms. The number of rotatable bonds is 11. The van der Waals surface area contributed by atoms with Gasteiger partial charge >= 0.3 is 0 Å². The van der Waals surface area contributed by atoms with E-state index in [1.165, 1.54) is 0 Å². The van der Waals surface area contributed by atoms with Crippen molar-refractivity contribution >= 4 is 0 Å². The first kappa shape index (κ1) is 17.1. The Hall–Kier alpha value is -0.940. The Morgan fingerprint density at radius 1 is 0.889 bits per heavy atom. The lowest BCUT2D eigenvalue weighted by atomic mass is 9.91. The zero-order valence-electron chi connectivity index (χ0n) is 11.4. The maximum Gasteiger partial charge on any atom is 0.291 e. The Labute approximate surface area is 110 Å². The molecule has 1 N–H and O–H groups in total. The molecule has 0 fully saturated rings. The van der Waals surface area contributed by atoms with E-state index in [-0.39, 0.29) is 26.4 Å². The Bertz CT molecular complexity index is 240. The number of ether oxygens (including phenoxy) is 3. The maximum atomic E-state index is 9.51. The molecule has 0 aromatic heterocycles. The van der Waals surface area contributed by atoms with Crippen molar-refractivity contribution < 1.29 is 19.3 Å². The van der Waals surface area contributed by atoms with Gasteiger partial charge in [0.1, 0.15) is 0 Å². The predicted molar refractivity (Wildman–Crippen MR) is 72.0 cm³/mol. The van der Waals surface area contributed by atoms with Crippen molar-refractivity contribution in [3.63, 3.8) is 0 Å². The fourth-order valence-electron chi connectivity index (χ4n) is 1.31. The number of hydrogen-bond donors (Lipinski definition) is 1. The lowest BCUT2D eigenvalue weighted by Gasteiger charge is -2.43. The molecule has 4 nitrogen and oxygen atoms in total.